The van der Waals surface area contributed by atoms with Gasteiger partial charge in [0, 0.05) is 11.3 Å². The Hall–Kier alpha value is -0.420. The Morgan fingerprint density at radius 1 is 1.77 bits per heavy atom. The summed E-state index contributed by atoms with van der Waals surface area (Å²) in [5, 5.41) is 14.4. The van der Waals surface area contributed by atoms with Crippen LogP contribution in [0.3, 0.4) is 0 Å². The zero-order valence-electron chi connectivity index (χ0n) is 7.92. The molecule has 1 fully saturated rings. The van der Waals surface area contributed by atoms with Gasteiger partial charge in [-0.1, -0.05) is 5.16 Å². The van der Waals surface area contributed by atoms with E-state index >= 15 is 0 Å². The van der Waals surface area contributed by atoms with Crippen molar-refractivity contribution in [1.29, 1.82) is 0 Å². The molecule has 5 heteroatoms. The molecule has 1 aliphatic heterocycles. The van der Waals surface area contributed by atoms with Gasteiger partial charge in [-0.05, 0) is 25.5 Å². The van der Waals surface area contributed by atoms with Crippen molar-refractivity contribution in [2.24, 2.45) is 10.9 Å². The van der Waals surface area contributed by atoms with Crippen molar-refractivity contribution in [3.05, 3.63) is 0 Å². The zero-order chi connectivity index (χ0) is 9.73. The molecule has 4 nitrogen and oxygen atoms in total. The first kappa shape index (κ1) is 10.7. The van der Waals surface area contributed by atoms with E-state index in [1.807, 2.05) is 11.8 Å². The van der Waals surface area contributed by atoms with Gasteiger partial charge in [0.15, 0.2) is 5.84 Å². The second-order valence-corrected chi connectivity index (χ2v) is 5.28. The molecule has 1 unspecified atom stereocenters. The monoisotopic (exact) mass is 203 g/mol. The maximum Gasteiger partial charge on any atom is 0.153 e. The van der Waals surface area contributed by atoms with E-state index in [-0.39, 0.29) is 5.84 Å². The maximum atomic E-state index is 8.31. The summed E-state index contributed by atoms with van der Waals surface area (Å²) in [5.41, 5.74) is 5.33. The molecule has 0 spiro atoms. The Morgan fingerprint density at radius 3 is 3.08 bits per heavy atom. The zero-order valence-corrected chi connectivity index (χ0v) is 8.73. The lowest BCUT2D eigenvalue weighted by atomic mass is 10.1. The van der Waals surface area contributed by atoms with Crippen molar-refractivity contribution in [2.75, 3.05) is 18.8 Å². The van der Waals surface area contributed by atoms with Gasteiger partial charge in [0.25, 0.3) is 0 Å². The second kappa shape index (κ2) is 4.72. The molecule has 1 heterocycles. The summed E-state index contributed by atoms with van der Waals surface area (Å²) in [4.78, 5) is 0. The largest absolute Gasteiger partial charge is 0.409 e. The highest BCUT2D eigenvalue weighted by Gasteiger charge is 2.28. The van der Waals surface area contributed by atoms with E-state index in [1.54, 1.807) is 0 Å². The number of hydrogen-bond donors (Lipinski definition) is 3. The summed E-state index contributed by atoms with van der Waals surface area (Å²) >= 11 is 2.00. The van der Waals surface area contributed by atoms with Crippen LogP contribution in [-0.4, -0.2) is 34.6 Å². The highest BCUT2D eigenvalue weighted by Crippen LogP contribution is 2.36. The van der Waals surface area contributed by atoms with Gasteiger partial charge in [0.1, 0.15) is 0 Å². The normalized spacial score (nSPS) is 29.5. The van der Waals surface area contributed by atoms with Gasteiger partial charge < -0.3 is 16.3 Å². The van der Waals surface area contributed by atoms with Crippen molar-refractivity contribution in [1.82, 2.24) is 5.32 Å². The average Bonchev–Trinajstić information content (AvgIpc) is 2.52. The molecule has 0 aromatic rings. The summed E-state index contributed by atoms with van der Waals surface area (Å²) in [6, 6.07) is 0. The van der Waals surface area contributed by atoms with Crippen LogP contribution in [0.25, 0.3) is 0 Å². The molecule has 0 aromatic heterocycles. The predicted molar refractivity (Wildman–Crippen MR) is 56.4 cm³/mol. The van der Waals surface area contributed by atoms with Crippen LogP contribution in [0.5, 0.6) is 0 Å². The minimum absolute atomic E-state index is 0.242. The van der Waals surface area contributed by atoms with Crippen LogP contribution in [-0.2, 0) is 0 Å². The van der Waals surface area contributed by atoms with Crippen LogP contribution in [0.4, 0.5) is 0 Å². The highest BCUT2D eigenvalue weighted by atomic mass is 32.2. The Morgan fingerprint density at radius 2 is 2.54 bits per heavy atom. The van der Waals surface area contributed by atoms with E-state index < -0.39 is 0 Å². The number of hydrogen-bond acceptors (Lipinski definition) is 4. The number of nitrogens with zero attached hydrogens (tertiary/aromatic N) is 1. The third kappa shape index (κ3) is 3.44. The molecule has 1 rings (SSSR count). The van der Waals surface area contributed by atoms with E-state index in [4.69, 9.17) is 10.9 Å². The van der Waals surface area contributed by atoms with E-state index in [1.165, 1.54) is 18.6 Å². The first-order valence-corrected chi connectivity index (χ1v) is 5.46. The number of nitrogens with two attached hydrogens (primary N) is 1. The maximum absolute atomic E-state index is 8.31. The molecular formula is C8H17N3OS. The van der Waals surface area contributed by atoms with E-state index in [0.29, 0.717) is 11.3 Å². The summed E-state index contributed by atoms with van der Waals surface area (Å²) < 4.78 is 0.343. The van der Waals surface area contributed by atoms with Crippen molar-refractivity contribution in [3.63, 3.8) is 0 Å². The number of rotatable bonds is 4. The minimum atomic E-state index is 0.242. The summed E-state index contributed by atoms with van der Waals surface area (Å²) in [6.07, 6.45) is 2.55. The molecule has 1 atom stereocenters. The van der Waals surface area contributed by atoms with Crippen LogP contribution in [0, 0.1) is 0 Å². The quantitative estimate of drug-likeness (QED) is 0.271. The second-order valence-electron chi connectivity index (χ2n) is 3.60. The van der Waals surface area contributed by atoms with Crippen molar-refractivity contribution in [3.8, 4) is 0 Å². The van der Waals surface area contributed by atoms with Gasteiger partial charge in [-0.25, -0.2) is 0 Å². The van der Waals surface area contributed by atoms with E-state index in [9.17, 15) is 0 Å². The van der Waals surface area contributed by atoms with Crippen LogP contribution >= 0.6 is 11.8 Å². The van der Waals surface area contributed by atoms with Gasteiger partial charge in [-0.15, -0.1) is 0 Å². The standard InChI is InChI=1S/C8H17N3OS/c1-8(3-2-4-13-8)6-10-5-7(9)11-12/h10,12H,2-6H2,1H3,(H2,9,11). The fourth-order valence-corrected chi connectivity index (χ4v) is 2.74. The number of oxime groups is 1. The lowest BCUT2D eigenvalue weighted by Gasteiger charge is -2.22. The summed E-state index contributed by atoms with van der Waals surface area (Å²) in [7, 11) is 0. The average molecular weight is 203 g/mol. The number of thioether (sulfide) groups is 1. The highest BCUT2D eigenvalue weighted by molar-refractivity contribution is 8.00. The molecule has 0 amide bonds. The minimum Gasteiger partial charge on any atom is -0.409 e. The molecule has 13 heavy (non-hydrogen) atoms. The third-order valence-electron chi connectivity index (χ3n) is 2.23. The van der Waals surface area contributed by atoms with E-state index in [2.05, 4.69) is 17.4 Å². The Kier molecular flexibility index (Phi) is 3.87. The Balaban J connectivity index is 2.18. The number of nitrogens with one attached hydrogen (secondary N) is 1. The van der Waals surface area contributed by atoms with Crippen molar-refractivity contribution < 1.29 is 5.21 Å². The first-order valence-electron chi connectivity index (χ1n) is 4.47. The van der Waals surface area contributed by atoms with Gasteiger partial charge in [0.05, 0.1) is 6.54 Å². The fraction of sp³-hybridized carbons (Fsp3) is 0.875. The number of amidine groups is 1. The molecule has 0 aromatic carbocycles. The smallest absolute Gasteiger partial charge is 0.153 e. The lowest BCUT2D eigenvalue weighted by molar-refractivity contribution is 0.317. The lowest BCUT2D eigenvalue weighted by Crippen LogP contribution is -2.38. The summed E-state index contributed by atoms with van der Waals surface area (Å²) in [5.74, 6) is 1.49. The van der Waals surface area contributed by atoms with Crippen LogP contribution in [0.2, 0.25) is 0 Å². The molecule has 0 saturated carbocycles. The van der Waals surface area contributed by atoms with Gasteiger partial charge in [-0.2, -0.15) is 11.8 Å². The molecule has 0 aliphatic carbocycles. The molecule has 0 bridgehead atoms. The van der Waals surface area contributed by atoms with Crippen molar-refractivity contribution in [2.45, 2.75) is 24.5 Å². The Labute approximate surface area is 82.9 Å². The first-order chi connectivity index (χ1) is 6.16. The fourth-order valence-electron chi connectivity index (χ4n) is 1.47. The van der Waals surface area contributed by atoms with Crippen LogP contribution < -0.4 is 11.1 Å². The molecule has 76 valence electrons. The third-order valence-corrected chi connectivity index (χ3v) is 3.77. The SMILES string of the molecule is CC1(CNCC(N)=NO)CCCS1. The van der Waals surface area contributed by atoms with Crippen LogP contribution in [0.15, 0.2) is 5.16 Å². The van der Waals surface area contributed by atoms with Crippen molar-refractivity contribution >= 4 is 17.6 Å². The van der Waals surface area contributed by atoms with Gasteiger partial charge in [0.2, 0.25) is 0 Å². The Bertz CT molecular complexity index is 190. The molecule has 0 radical (unpaired) electrons. The van der Waals surface area contributed by atoms with Gasteiger partial charge in [-0.3, -0.25) is 0 Å². The van der Waals surface area contributed by atoms with Crippen LogP contribution in [0.1, 0.15) is 19.8 Å². The predicted octanol–water partition coefficient (Wildman–Crippen LogP) is 0.608. The van der Waals surface area contributed by atoms with Gasteiger partial charge >= 0.3 is 0 Å². The molecule has 4 N–H and O–H groups in total. The molecule has 1 saturated heterocycles. The molecule has 1 aliphatic rings. The topological polar surface area (TPSA) is 70.6 Å². The molecular weight excluding hydrogens is 186 g/mol. The van der Waals surface area contributed by atoms with E-state index in [0.717, 1.165) is 6.54 Å². The summed E-state index contributed by atoms with van der Waals surface area (Å²) in [6.45, 7) is 3.64.